The van der Waals surface area contributed by atoms with Crippen molar-refractivity contribution in [3.63, 3.8) is 0 Å². The summed E-state index contributed by atoms with van der Waals surface area (Å²) in [4.78, 5) is 12.9. The third kappa shape index (κ3) is 4.47. The minimum atomic E-state index is -0.156. The van der Waals surface area contributed by atoms with Crippen molar-refractivity contribution in [2.24, 2.45) is 0 Å². The molecule has 7 nitrogen and oxygen atoms in total. The second-order valence-electron chi connectivity index (χ2n) is 6.31. The SMILES string of the molecule is CCc1nnc2sc(-c3ccc(NC(=S)NC(=O)Cc4ccccc4)cc3)nn12. The van der Waals surface area contributed by atoms with E-state index in [-0.39, 0.29) is 17.4 Å². The molecule has 4 aromatic rings. The number of nitrogens with one attached hydrogen (secondary N) is 2. The number of hydrogen-bond donors (Lipinski definition) is 2. The van der Waals surface area contributed by atoms with Crippen LogP contribution in [0.15, 0.2) is 54.6 Å². The number of benzene rings is 2. The molecule has 4 rings (SSSR count). The van der Waals surface area contributed by atoms with Gasteiger partial charge >= 0.3 is 0 Å². The summed E-state index contributed by atoms with van der Waals surface area (Å²) in [5.41, 5.74) is 2.71. The standard InChI is InChI=1S/C20H18N6OS2/c1-2-16-23-24-20-26(16)25-18(29-20)14-8-10-15(11-9-14)21-19(28)22-17(27)12-13-6-4-3-5-7-13/h3-11H,2,12H2,1H3,(H2,21,22,27,28). The molecule has 29 heavy (non-hydrogen) atoms. The molecule has 0 unspecified atom stereocenters. The number of rotatable bonds is 5. The fourth-order valence-corrected chi connectivity index (χ4v) is 3.90. The third-order valence-corrected chi connectivity index (χ3v) is 5.37. The van der Waals surface area contributed by atoms with E-state index < -0.39 is 0 Å². The average molecular weight is 423 g/mol. The highest BCUT2D eigenvalue weighted by atomic mass is 32.1. The Kier molecular flexibility index (Phi) is 5.59. The van der Waals surface area contributed by atoms with Gasteiger partial charge in [0.2, 0.25) is 10.9 Å². The molecule has 1 amide bonds. The molecule has 0 bridgehead atoms. The Morgan fingerprint density at radius 2 is 1.86 bits per heavy atom. The quantitative estimate of drug-likeness (QED) is 0.479. The number of aryl methyl sites for hydroxylation is 1. The molecule has 0 fully saturated rings. The second-order valence-corrected chi connectivity index (χ2v) is 7.68. The van der Waals surface area contributed by atoms with Gasteiger partial charge in [-0.3, -0.25) is 4.79 Å². The van der Waals surface area contributed by atoms with E-state index in [1.807, 2.05) is 61.5 Å². The van der Waals surface area contributed by atoms with Crippen LogP contribution in [0, 0.1) is 0 Å². The number of carbonyl (C=O) groups excluding carboxylic acids is 1. The molecule has 0 aliphatic heterocycles. The Balaban J connectivity index is 1.37. The first kappa shape index (κ1) is 19.2. The highest BCUT2D eigenvalue weighted by molar-refractivity contribution is 7.80. The molecule has 0 radical (unpaired) electrons. The number of carbonyl (C=O) groups is 1. The van der Waals surface area contributed by atoms with Crippen LogP contribution in [0.3, 0.4) is 0 Å². The summed E-state index contributed by atoms with van der Waals surface area (Å²) < 4.78 is 1.78. The lowest BCUT2D eigenvalue weighted by atomic mass is 10.1. The van der Waals surface area contributed by atoms with Crippen LogP contribution in [0.2, 0.25) is 0 Å². The predicted molar refractivity (Wildman–Crippen MR) is 118 cm³/mol. The summed E-state index contributed by atoms with van der Waals surface area (Å²) in [5.74, 6) is 0.689. The van der Waals surface area contributed by atoms with Crippen LogP contribution in [0.5, 0.6) is 0 Å². The molecule has 2 aromatic heterocycles. The van der Waals surface area contributed by atoms with Crippen molar-refractivity contribution < 1.29 is 4.79 Å². The van der Waals surface area contributed by atoms with E-state index in [2.05, 4.69) is 25.9 Å². The van der Waals surface area contributed by atoms with Crippen molar-refractivity contribution in [1.82, 2.24) is 25.1 Å². The van der Waals surface area contributed by atoms with Crippen LogP contribution < -0.4 is 10.6 Å². The fourth-order valence-electron chi connectivity index (χ4n) is 2.81. The first-order chi connectivity index (χ1) is 14.1. The van der Waals surface area contributed by atoms with Gasteiger partial charge in [0.15, 0.2) is 10.9 Å². The second kappa shape index (κ2) is 8.46. The van der Waals surface area contributed by atoms with Crippen molar-refractivity contribution in [3.05, 3.63) is 66.0 Å². The molecule has 0 atom stereocenters. The molecule has 0 spiro atoms. The number of anilines is 1. The molecule has 0 saturated heterocycles. The maximum absolute atomic E-state index is 12.1. The van der Waals surface area contributed by atoms with Gasteiger partial charge in [0.1, 0.15) is 5.01 Å². The van der Waals surface area contributed by atoms with Crippen LogP contribution in [0.25, 0.3) is 15.5 Å². The number of fused-ring (bicyclic) bond motifs is 1. The monoisotopic (exact) mass is 422 g/mol. The molecule has 0 aliphatic rings. The van der Waals surface area contributed by atoms with Crippen LogP contribution in [-0.4, -0.2) is 30.8 Å². The van der Waals surface area contributed by atoms with Gasteiger partial charge in [-0.15, -0.1) is 10.2 Å². The molecular weight excluding hydrogens is 404 g/mol. The molecule has 9 heteroatoms. The summed E-state index contributed by atoms with van der Waals surface area (Å²) >= 11 is 6.73. The van der Waals surface area contributed by atoms with Gasteiger partial charge < -0.3 is 10.6 Å². The lowest BCUT2D eigenvalue weighted by molar-refractivity contribution is -0.119. The number of thiocarbonyl (C=S) groups is 1. The van der Waals surface area contributed by atoms with Crippen LogP contribution >= 0.6 is 23.6 Å². The smallest absolute Gasteiger partial charge is 0.234 e. The van der Waals surface area contributed by atoms with Crippen LogP contribution in [0.1, 0.15) is 18.3 Å². The first-order valence-electron chi connectivity index (χ1n) is 9.08. The number of hydrogen-bond acceptors (Lipinski definition) is 6. The molecule has 0 saturated carbocycles. The van der Waals surface area contributed by atoms with Gasteiger partial charge in [0.05, 0.1) is 6.42 Å². The highest BCUT2D eigenvalue weighted by Gasteiger charge is 2.12. The van der Waals surface area contributed by atoms with Crippen LogP contribution in [0.4, 0.5) is 5.69 Å². The Hall–Kier alpha value is -3.17. The van der Waals surface area contributed by atoms with Crippen molar-refractivity contribution >= 4 is 45.2 Å². The van der Waals surface area contributed by atoms with Crippen molar-refractivity contribution in [2.45, 2.75) is 19.8 Å². The molecule has 2 aromatic carbocycles. The lowest BCUT2D eigenvalue weighted by Crippen LogP contribution is -2.35. The maximum atomic E-state index is 12.1. The predicted octanol–water partition coefficient (Wildman–Crippen LogP) is 3.47. The Bertz CT molecular complexity index is 1150. The summed E-state index contributed by atoms with van der Waals surface area (Å²) in [5, 5.41) is 19.7. The summed E-state index contributed by atoms with van der Waals surface area (Å²) in [6.07, 6.45) is 1.06. The molecule has 146 valence electrons. The minimum absolute atomic E-state index is 0.156. The largest absolute Gasteiger partial charge is 0.332 e. The van der Waals surface area contributed by atoms with Gasteiger partial charge in [0.25, 0.3) is 0 Å². The molecular formula is C20H18N6OS2. The zero-order valence-electron chi connectivity index (χ0n) is 15.6. The Morgan fingerprint density at radius 3 is 2.59 bits per heavy atom. The van der Waals surface area contributed by atoms with E-state index >= 15 is 0 Å². The van der Waals surface area contributed by atoms with Gasteiger partial charge in [-0.25, -0.2) is 0 Å². The minimum Gasteiger partial charge on any atom is -0.332 e. The fraction of sp³-hybridized carbons (Fsp3) is 0.150. The van der Waals surface area contributed by atoms with E-state index in [1.165, 1.54) is 11.3 Å². The Labute approximate surface area is 176 Å². The zero-order valence-corrected chi connectivity index (χ0v) is 17.3. The topological polar surface area (TPSA) is 84.2 Å². The van der Waals surface area contributed by atoms with Gasteiger partial charge in [-0.05, 0) is 42.0 Å². The summed E-state index contributed by atoms with van der Waals surface area (Å²) in [7, 11) is 0. The lowest BCUT2D eigenvalue weighted by Gasteiger charge is -2.10. The summed E-state index contributed by atoms with van der Waals surface area (Å²) in [6.45, 7) is 2.03. The van der Waals surface area contributed by atoms with E-state index in [0.717, 1.165) is 39.0 Å². The highest BCUT2D eigenvalue weighted by Crippen LogP contribution is 2.26. The average Bonchev–Trinajstić information content (AvgIpc) is 3.29. The van der Waals surface area contributed by atoms with E-state index in [9.17, 15) is 4.79 Å². The van der Waals surface area contributed by atoms with Gasteiger partial charge in [-0.1, -0.05) is 48.6 Å². The zero-order chi connectivity index (χ0) is 20.2. The number of amides is 1. The number of aromatic nitrogens is 4. The number of nitrogens with zero attached hydrogens (tertiary/aromatic N) is 4. The Morgan fingerprint density at radius 1 is 1.10 bits per heavy atom. The first-order valence-corrected chi connectivity index (χ1v) is 10.3. The van der Waals surface area contributed by atoms with Crippen molar-refractivity contribution in [1.29, 1.82) is 0 Å². The van der Waals surface area contributed by atoms with Crippen molar-refractivity contribution in [2.75, 3.05) is 5.32 Å². The van der Waals surface area contributed by atoms with E-state index in [4.69, 9.17) is 12.2 Å². The maximum Gasteiger partial charge on any atom is 0.234 e. The molecule has 0 aliphatic carbocycles. The van der Waals surface area contributed by atoms with Gasteiger partial charge in [0, 0.05) is 17.7 Å². The normalized spacial score (nSPS) is 10.8. The van der Waals surface area contributed by atoms with E-state index in [0.29, 0.717) is 0 Å². The van der Waals surface area contributed by atoms with Gasteiger partial charge in [-0.2, -0.15) is 9.61 Å². The third-order valence-electron chi connectivity index (χ3n) is 4.22. The van der Waals surface area contributed by atoms with E-state index in [1.54, 1.807) is 4.52 Å². The summed E-state index contributed by atoms with van der Waals surface area (Å²) in [6, 6.07) is 17.2. The van der Waals surface area contributed by atoms with Crippen molar-refractivity contribution in [3.8, 4) is 10.6 Å². The molecule has 2 heterocycles. The van der Waals surface area contributed by atoms with Crippen LogP contribution in [-0.2, 0) is 17.6 Å². The molecule has 2 N–H and O–H groups in total.